The molecule has 1 heterocycles. The molecule has 1 unspecified atom stereocenters. The van der Waals surface area contributed by atoms with Gasteiger partial charge in [-0.25, -0.2) is 17.6 Å². The fourth-order valence-corrected chi connectivity index (χ4v) is 4.52. The largest absolute Gasteiger partial charge is 0.325 e. The second kappa shape index (κ2) is 6.94. The maximum atomic E-state index is 13.3. The first kappa shape index (κ1) is 19.3. The van der Waals surface area contributed by atoms with Crippen LogP contribution in [-0.4, -0.2) is 37.6 Å². The molecule has 6 nitrogen and oxygen atoms in total. The minimum atomic E-state index is -3.66. The predicted octanol–water partition coefficient (Wildman–Crippen LogP) is 2.72. The fraction of sp³-hybridized carbons (Fsp3) is 0.222. The third-order valence-electron chi connectivity index (χ3n) is 4.43. The summed E-state index contributed by atoms with van der Waals surface area (Å²) in [5.41, 5.74) is -1.27. The Kier molecular flexibility index (Phi) is 4.96. The van der Waals surface area contributed by atoms with Gasteiger partial charge in [0.1, 0.15) is 11.4 Å². The van der Waals surface area contributed by atoms with Gasteiger partial charge in [0, 0.05) is 17.1 Å². The van der Waals surface area contributed by atoms with E-state index in [2.05, 4.69) is 5.32 Å². The fourth-order valence-electron chi connectivity index (χ4n) is 2.93. The van der Waals surface area contributed by atoms with Crippen LogP contribution in [0.3, 0.4) is 0 Å². The van der Waals surface area contributed by atoms with Crippen LogP contribution >= 0.6 is 11.6 Å². The molecule has 142 valence electrons. The Balaban J connectivity index is 1.82. The van der Waals surface area contributed by atoms with Gasteiger partial charge in [-0.15, -0.1) is 0 Å². The monoisotopic (exact) mass is 410 g/mol. The molecule has 1 N–H and O–H groups in total. The highest BCUT2D eigenvalue weighted by Gasteiger charge is 2.50. The first-order chi connectivity index (χ1) is 12.6. The Morgan fingerprint density at radius 2 is 1.81 bits per heavy atom. The SMILES string of the molecule is CC1(c2ccc(F)cc2Cl)NC(=O)N(CCS(=O)(=O)c2ccccc2)C1=O. The van der Waals surface area contributed by atoms with E-state index in [4.69, 9.17) is 11.6 Å². The Morgan fingerprint density at radius 3 is 2.44 bits per heavy atom. The number of nitrogens with one attached hydrogen (secondary N) is 1. The molecule has 1 aliphatic heterocycles. The predicted molar refractivity (Wildman–Crippen MR) is 97.5 cm³/mol. The Bertz CT molecular complexity index is 1010. The van der Waals surface area contributed by atoms with E-state index in [1.54, 1.807) is 18.2 Å². The van der Waals surface area contributed by atoms with Crippen LogP contribution in [-0.2, 0) is 20.2 Å². The third kappa shape index (κ3) is 3.54. The zero-order chi connectivity index (χ0) is 19.8. The number of hydrogen-bond donors (Lipinski definition) is 1. The average Bonchev–Trinajstić information content (AvgIpc) is 2.83. The third-order valence-corrected chi connectivity index (χ3v) is 6.45. The summed E-state index contributed by atoms with van der Waals surface area (Å²) in [6, 6.07) is 10.5. The number of imide groups is 1. The molecule has 1 aliphatic rings. The minimum Gasteiger partial charge on any atom is -0.319 e. The molecule has 3 rings (SSSR count). The summed E-state index contributed by atoms with van der Waals surface area (Å²) in [5, 5.41) is 2.51. The molecule has 1 atom stereocenters. The summed E-state index contributed by atoms with van der Waals surface area (Å²) in [4.78, 5) is 26.1. The van der Waals surface area contributed by atoms with Crippen molar-refractivity contribution in [3.05, 3.63) is 64.9 Å². The van der Waals surface area contributed by atoms with Gasteiger partial charge in [-0.05, 0) is 31.2 Å². The number of rotatable bonds is 5. The highest BCUT2D eigenvalue weighted by atomic mass is 35.5. The molecular weight excluding hydrogens is 395 g/mol. The van der Waals surface area contributed by atoms with Gasteiger partial charge in [0.15, 0.2) is 9.84 Å². The van der Waals surface area contributed by atoms with Gasteiger partial charge in [-0.3, -0.25) is 9.69 Å². The number of amides is 3. The Labute approximate surface area is 160 Å². The van der Waals surface area contributed by atoms with Crippen molar-refractivity contribution in [3.8, 4) is 0 Å². The topological polar surface area (TPSA) is 83.6 Å². The first-order valence-corrected chi connectivity index (χ1v) is 10.1. The second-order valence-corrected chi connectivity index (χ2v) is 8.78. The van der Waals surface area contributed by atoms with Crippen LogP contribution in [0.4, 0.5) is 9.18 Å². The van der Waals surface area contributed by atoms with Crippen molar-refractivity contribution < 1.29 is 22.4 Å². The summed E-state index contributed by atoms with van der Waals surface area (Å²) in [6.45, 7) is 1.13. The van der Waals surface area contributed by atoms with Crippen LogP contribution in [0.2, 0.25) is 5.02 Å². The van der Waals surface area contributed by atoms with Crippen molar-refractivity contribution in [1.29, 1.82) is 0 Å². The number of carbonyl (C=O) groups is 2. The van der Waals surface area contributed by atoms with Crippen molar-refractivity contribution in [1.82, 2.24) is 10.2 Å². The van der Waals surface area contributed by atoms with Crippen molar-refractivity contribution in [2.75, 3.05) is 12.3 Å². The average molecular weight is 411 g/mol. The quantitative estimate of drug-likeness (QED) is 0.768. The van der Waals surface area contributed by atoms with E-state index in [1.807, 2.05) is 0 Å². The number of carbonyl (C=O) groups excluding carboxylic acids is 2. The molecule has 27 heavy (non-hydrogen) atoms. The van der Waals surface area contributed by atoms with Gasteiger partial charge >= 0.3 is 6.03 Å². The summed E-state index contributed by atoms with van der Waals surface area (Å²) in [7, 11) is -3.66. The van der Waals surface area contributed by atoms with E-state index in [0.717, 1.165) is 17.0 Å². The van der Waals surface area contributed by atoms with Crippen molar-refractivity contribution in [2.24, 2.45) is 0 Å². The van der Waals surface area contributed by atoms with Crippen LogP contribution in [0.25, 0.3) is 0 Å². The molecule has 0 aromatic heterocycles. The lowest BCUT2D eigenvalue weighted by Crippen LogP contribution is -2.41. The second-order valence-electron chi connectivity index (χ2n) is 6.27. The molecule has 3 amide bonds. The normalized spacial score (nSPS) is 20.0. The molecule has 0 saturated carbocycles. The van der Waals surface area contributed by atoms with Gasteiger partial charge in [0.25, 0.3) is 5.91 Å². The van der Waals surface area contributed by atoms with E-state index in [9.17, 15) is 22.4 Å². The molecule has 0 aliphatic carbocycles. The minimum absolute atomic E-state index is 0.00935. The van der Waals surface area contributed by atoms with Crippen molar-refractivity contribution in [2.45, 2.75) is 17.4 Å². The standard InChI is InChI=1S/C18H16ClFN2O4S/c1-18(14-8-7-12(20)11-15(14)19)16(23)22(17(24)21-18)9-10-27(25,26)13-5-3-2-4-6-13/h2-8,11H,9-10H2,1H3,(H,21,24). The molecule has 0 bridgehead atoms. The van der Waals surface area contributed by atoms with Crippen LogP contribution in [0.1, 0.15) is 12.5 Å². The van der Waals surface area contributed by atoms with E-state index in [1.165, 1.54) is 25.1 Å². The summed E-state index contributed by atoms with van der Waals surface area (Å²) < 4.78 is 38.1. The van der Waals surface area contributed by atoms with Gasteiger partial charge < -0.3 is 5.32 Å². The lowest BCUT2D eigenvalue weighted by atomic mass is 9.92. The summed E-state index contributed by atoms with van der Waals surface area (Å²) in [5.74, 6) is -1.64. The van der Waals surface area contributed by atoms with Gasteiger partial charge in [0.05, 0.1) is 10.6 Å². The molecule has 1 fully saturated rings. The molecule has 2 aromatic carbocycles. The van der Waals surface area contributed by atoms with E-state index < -0.39 is 38.9 Å². The van der Waals surface area contributed by atoms with Crippen LogP contribution < -0.4 is 5.32 Å². The highest BCUT2D eigenvalue weighted by molar-refractivity contribution is 7.91. The first-order valence-electron chi connectivity index (χ1n) is 8.02. The highest BCUT2D eigenvalue weighted by Crippen LogP contribution is 2.34. The van der Waals surface area contributed by atoms with Crippen LogP contribution in [0.5, 0.6) is 0 Å². The molecule has 0 radical (unpaired) electrons. The maximum absolute atomic E-state index is 13.3. The molecular formula is C18H16ClFN2O4S. The van der Waals surface area contributed by atoms with Gasteiger partial charge in [0.2, 0.25) is 0 Å². The van der Waals surface area contributed by atoms with Crippen LogP contribution in [0.15, 0.2) is 53.4 Å². The number of sulfone groups is 1. The van der Waals surface area contributed by atoms with Gasteiger partial charge in [-0.2, -0.15) is 0 Å². The summed E-state index contributed by atoms with van der Waals surface area (Å²) >= 11 is 6.03. The smallest absolute Gasteiger partial charge is 0.319 e. The zero-order valence-electron chi connectivity index (χ0n) is 14.3. The summed E-state index contributed by atoms with van der Waals surface area (Å²) in [6.07, 6.45) is 0. The molecule has 2 aromatic rings. The van der Waals surface area contributed by atoms with Crippen molar-refractivity contribution >= 4 is 33.4 Å². The van der Waals surface area contributed by atoms with Crippen molar-refractivity contribution in [3.63, 3.8) is 0 Å². The van der Waals surface area contributed by atoms with E-state index in [-0.39, 0.29) is 22.0 Å². The Morgan fingerprint density at radius 1 is 1.15 bits per heavy atom. The van der Waals surface area contributed by atoms with Crippen LogP contribution in [0, 0.1) is 5.82 Å². The zero-order valence-corrected chi connectivity index (χ0v) is 15.8. The Hall–Kier alpha value is -2.45. The molecule has 0 spiro atoms. The van der Waals surface area contributed by atoms with Gasteiger partial charge in [-0.1, -0.05) is 35.9 Å². The lowest BCUT2D eigenvalue weighted by molar-refractivity contribution is -0.130. The molecule has 9 heteroatoms. The van der Waals surface area contributed by atoms with E-state index >= 15 is 0 Å². The number of urea groups is 1. The number of halogens is 2. The van der Waals surface area contributed by atoms with E-state index in [0.29, 0.717) is 0 Å². The number of nitrogens with zero attached hydrogens (tertiary/aromatic N) is 1. The lowest BCUT2D eigenvalue weighted by Gasteiger charge is -2.23. The maximum Gasteiger partial charge on any atom is 0.325 e. The number of benzene rings is 2. The number of hydrogen-bond acceptors (Lipinski definition) is 4. The molecule has 1 saturated heterocycles.